The summed E-state index contributed by atoms with van der Waals surface area (Å²) in [5.41, 5.74) is 1.61. The number of benzene rings is 2. The second-order valence-electron chi connectivity index (χ2n) is 8.50. The van der Waals surface area contributed by atoms with Crippen LogP contribution in [0.4, 0.5) is 4.39 Å². The molecule has 0 spiro atoms. The number of carbonyl (C=O) groups is 2. The third-order valence-electron chi connectivity index (χ3n) is 5.98. The van der Waals surface area contributed by atoms with Gasteiger partial charge in [-0.25, -0.2) is 4.39 Å². The molecule has 1 saturated carbocycles. The zero-order valence-corrected chi connectivity index (χ0v) is 17.9. The number of nitrogens with one attached hydrogen (secondary N) is 1. The second-order valence-corrected chi connectivity index (χ2v) is 8.50. The molecule has 0 bridgehead atoms. The predicted molar refractivity (Wildman–Crippen MR) is 117 cm³/mol. The van der Waals surface area contributed by atoms with Crippen LogP contribution < -0.4 is 5.32 Å². The van der Waals surface area contributed by atoms with Crippen molar-refractivity contribution >= 4 is 11.8 Å². The molecule has 1 N–H and O–H groups in total. The standard InChI is InChI=1S/C25H29FN2O3/c1-2-5-23(29)28-14-15-31-25(17-28,24(30)27-21-12-13-21)16-19-6-3-4-7-22(19)18-8-10-20(26)11-9-18/h3-4,6-11,21H,2,5,12-17H2,1H3,(H,27,30)/t25-/m1/s1. The van der Waals surface area contributed by atoms with Gasteiger partial charge in [0.2, 0.25) is 5.91 Å². The fraction of sp³-hybridized carbons (Fsp3) is 0.440. The van der Waals surface area contributed by atoms with Crippen molar-refractivity contribution in [2.75, 3.05) is 19.7 Å². The van der Waals surface area contributed by atoms with Gasteiger partial charge in [-0.15, -0.1) is 0 Å². The SMILES string of the molecule is CCCC(=O)N1CCO[C@@](Cc2ccccc2-c2ccc(F)cc2)(C(=O)NC2CC2)C1. The zero-order valence-electron chi connectivity index (χ0n) is 17.9. The lowest BCUT2D eigenvalue weighted by molar-refractivity contribution is -0.166. The van der Waals surface area contributed by atoms with Gasteiger partial charge in [0, 0.05) is 25.4 Å². The summed E-state index contributed by atoms with van der Waals surface area (Å²) in [5.74, 6) is -0.388. The first-order chi connectivity index (χ1) is 15.0. The summed E-state index contributed by atoms with van der Waals surface area (Å²) in [7, 11) is 0. The predicted octanol–water partition coefficient (Wildman–Crippen LogP) is 3.71. The van der Waals surface area contributed by atoms with Gasteiger partial charge in [0.05, 0.1) is 13.2 Å². The molecule has 164 valence electrons. The van der Waals surface area contributed by atoms with Crippen molar-refractivity contribution in [3.05, 3.63) is 59.9 Å². The maximum Gasteiger partial charge on any atom is 0.254 e. The van der Waals surface area contributed by atoms with Crippen LogP contribution in [0.1, 0.15) is 38.2 Å². The Kier molecular flexibility index (Phi) is 6.37. The molecular weight excluding hydrogens is 395 g/mol. The Morgan fingerprint density at radius 1 is 1.16 bits per heavy atom. The summed E-state index contributed by atoms with van der Waals surface area (Å²) in [6, 6.07) is 14.3. The van der Waals surface area contributed by atoms with E-state index in [0.29, 0.717) is 26.0 Å². The first-order valence-electron chi connectivity index (χ1n) is 11.1. The van der Waals surface area contributed by atoms with Crippen LogP contribution in [0.5, 0.6) is 0 Å². The number of ether oxygens (including phenoxy) is 1. The Balaban J connectivity index is 1.66. The van der Waals surface area contributed by atoms with Crippen LogP contribution in [0.15, 0.2) is 48.5 Å². The van der Waals surface area contributed by atoms with Crippen molar-refractivity contribution in [3.8, 4) is 11.1 Å². The van der Waals surface area contributed by atoms with Gasteiger partial charge in [-0.1, -0.05) is 43.3 Å². The topological polar surface area (TPSA) is 58.6 Å². The van der Waals surface area contributed by atoms with Crippen molar-refractivity contribution in [1.82, 2.24) is 10.2 Å². The molecule has 0 unspecified atom stereocenters. The van der Waals surface area contributed by atoms with Gasteiger partial charge in [0.15, 0.2) is 5.60 Å². The van der Waals surface area contributed by atoms with Crippen LogP contribution in [0.2, 0.25) is 0 Å². The zero-order chi connectivity index (χ0) is 21.8. The van der Waals surface area contributed by atoms with Crippen molar-refractivity contribution < 1.29 is 18.7 Å². The second kappa shape index (κ2) is 9.18. The molecule has 4 rings (SSSR count). The van der Waals surface area contributed by atoms with E-state index >= 15 is 0 Å². The summed E-state index contributed by atoms with van der Waals surface area (Å²) in [5, 5.41) is 3.09. The number of amides is 2. The van der Waals surface area contributed by atoms with Gasteiger partial charge >= 0.3 is 0 Å². The van der Waals surface area contributed by atoms with Crippen molar-refractivity contribution in [2.45, 2.75) is 50.7 Å². The van der Waals surface area contributed by atoms with E-state index in [1.54, 1.807) is 17.0 Å². The fourth-order valence-electron chi connectivity index (χ4n) is 4.13. The molecule has 2 amide bonds. The molecule has 0 aromatic heterocycles. The number of halogens is 1. The first kappa shape index (κ1) is 21.5. The lowest BCUT2D eigenvalue weighted by Crippen LogP contribution is -2.62. The molecule has 1 heterocycles. The van der Waals surface area contributed by atoms with Gasteiger partial charge in [0.1, 0.15) is 5.82 Å². The van der Waals surface area contributed by atoms with E-state index in [-0.39, 0.29) is 30.2 Å². The maximum absolute atomic E-state index is 13.4. The molecule has 1 saturated heterocycles. The Morgan fingerprint density at radius 2 is 1.90 bits per heavy atom. The van der Waals surface area contributed by atoms with Gasteiger partial charge in [0.25, 0.3) is 5.91 Å². The van der Waals surface area contributed by atoms with E-state index in [9.17, 15) is 14.0 Å². The summed E-state index contributed by atoms with van der Waals surface area (Å²) < 4.78 is 19.6. The van der Waals surface area contributed by atoms with Gasteiger partial charge < -0.3 is 15.0 Å². The normalized spacial score (nSPS) is 21.0. The highest BCUT2D eigenvalue weighted by atomic mass is 19.1. The monoisotopic (exact) mass is 424 g/mol. The van der Waals surface area contributed by atoms with E-state index in [2.05, 4.69) is 5.32 Å². The molecule has 2 aromatic carbocycles. The fourth-order valence-corrected chi connectivity index (χ4v) is 4.13. The van der Waals surface area contributed by atoms with Crippen LogP contribution in [-0.4, -0.2) is 48.1 Å². The van der Waals surface area contributed by atoms with Gasteiger partial charge in [-0.3, -0.25) is 9.59 Å². The number of hydrogen-bond donors (Lipinski definition) is 1. The lowest BCUT2D eigenvalue weighted by atomic mass is 9.87. The third kappa shape index (κ3) is 4.96. The van der Waals surface area contributed by atoms with Crippen molar-refractivity contribution in [1.29, 1.82) is 0 Å². The molecule has 31 heavy (non-hydrogen) atoms. The summed E-state index contributed by atoms with van der Waals surface area (Å²) >= 11 is 0. The Hall–Kier alpha value is -2.73. The van der Waals surface area contributed by atoms with Crippen molar-refractivity contribution in [3.63, 3.8) is 0 Å². The molecule has 6 heteroatoms. The van der Waals surface area contributed by atoms with Crippen LogP contribution in [0.3, 0.4) is 0 Å². The largest absolute Gasteiger partial charge is 0.361 e. The molecule has 2 fully saturated rings. The van der Waals surface area contributed by atoms with E-state index in [1.165, 1.54) is 12.1 Å². The molecule has 0 radical (unpaired) electrons. The van der Waals surface area contributed by atoms with Crippen LogP contribution in [0.25, 0.3) is 11.1 Å². The van der Waals surface area contributed by atoms with Crippen LogP contribution in [-0.2, 0) is 20.7 Å². The van der Waals surface area contributed by atoms with E-state index in [1.807, 2.05) is 31.2 Å². The summed E-state index contributed by atoms with van der Waals surface area (Å²) in [6.07, 6.45) is 3.53. The Labute approximate surface area is 182 Å². The molecule has 1 aliphatic heterocycles. The highest BCUT2D eigenvalue weighted by Gasteiger charge is 2.46. The third-order valence-corrected chi connectivity index (χ3v) is 5.98. The maximum atomic E-state index is 13.4. The van der Waals surface area contributed by atoms with E-state index < -0.39 is 5.60 Å². The van der Waals surface area contributed by atoms with E-state index in [0.717, 1.165) is 36.0 Å². The molecule has 1 atom stereocenters. The lowest BCUT2D eigenvalue weighted by Gasteiger charge is -2.42. The van der Waals surface area contributed by atoms with Gasteiger partial charge in [-0.2, -0.15) is 0 Å². The van der Waals surface area contributed by atoms with Crippen molar-refractivity contribution in [2.24, 2.45) is 0 Å². The number of hydrogen-bond acceptors (Lipinski definition) is 3. The summed E-state index contributed by atoms with van der Waals surface area (Å²) in [6.45, 7) is 3.04. The molecular formula is C25H29FN2O3. The summed E-state index contributed by atoms with van der Waals surface area (Å²) in [4.78, 5) is 27.8. The number of morpholine rings is 1. The Morgan fingerprint density at radius 3 is 2.61 bits per heavy atom. The highest BCUT2D eigenvalue weighted by molar-refractivity contribution is 5.88. The van der Waals surface area contributed by atoms with E-state index in [4.69, 9.17) is 4.74 Å². The number of nitrogens with zero attached hydrogens (tertiary/aromatic N) is 1. The van der Waals surface area contributed by atoms with Gasteiger partial charge in [-0.05, 0) is 48.1 Å². The average molecular weight is 425 g/mol. The smallest absolute Gasteiger partial charge is 0.254 e. The minimum Gasteiger partial charge on any atom is -0.361 e. The molecule has 1 aliphatic carbocycles. The minimum absolute atomic E-state index is 0.0567. The van der Waals surface area contributed by atoms with Crippen LogP contribution in [0, 0.1) is 5.82 Å². The molecule has 2 aliphatic rings. The Bertz CT molecular complexity index is 942. The number of carbonyl (C=O) groups excluding carboxylic acids is 2. The number of rotatable bonds is 7. The van der Waals surface area contributed by atoms with Crippen LogP contribution >= 0.6 is 0 Å². The molecule has 2 aromatic rings. The average Bonchev–Trinajstić information content (AvgIpc) is 3.59. The quantitative estimate of drug-likeness (QED) is 0.737. The highest BCUT2D eigenvalue weighted by Crippen LogP contribution is 2.32. The minimum atomic E-state index is -1.14. The first-order valence-corrected chi connectivity index (χ1v) is 11.1. The molecule has 5 nitrogen and oxygen atoms in total.